The Bertz CT molecular complexity index is 131. The average molecular weight is 147 g/mol. The van der Waals surface area contributed by atoms with E-state index in [1.54, 1.807) is 0 Å². The molecule has 0 saturated carbocycles. The predicted octanol–water partition coefficient (Wildman–Crippen LogP) is 0.239. The minimum Gasteiger partial charge on any atom is -0.373 e. The molecule has 0 spiro atoms. The fourth-order valence-electron chi connectivity index (χ4n) is 1.72. The van der Waals surface area contributed by atoms with Crippen molar-refractivity contribution in [2.75, 3.05) is 13.2 Å². The Labute approximate surface area is 63.5 Å². The van der Waals surface area contributed by atoms with Gasteiger partial charge in [0.2, 0.25) is 0 Å². The fourth-order valence-corrected chi connectivity index (χ4v) is 1.72. The molecule has 2 aliphatic heterocycles. The van der Waals surface area contributed by atoms with Crippen LogP contribution in [0.3, 0.4) is 0 Å². The molecule has 2 rings (SSSR count). The second-order valence-electron chi connectivity index (χ2n) is 3.24. The summed E-state index contributed by atoms with van der Waals surface area (Å²) in [6.45, 7) is 3.62. The summed E-state index contributed by atoms with van der Waals surface area (Å²) in [5, 5.41) is 0. The Morgan fingerprint density at radius 3 is 2.70 bits per heavy atom. The maximum absolute atomic E-state index is 5.73. The maximum Gasteiger partial charge on any atom is 0.101 e. The summed E-state index contributed by atoms with van der Waals surface area (Å²) >= 11 is 0. The molecule has 0 aromatic rings. The number of rotatable bonds is 0. The Balaban J connectivity index is 0.000000605. The van der Waals surface area contributed by atoms with Gasteiger partial charge < -0.3 is 15.2 Å². The Hall–Kier alpha value is -0.120. The van der Waals surface area contributed by atoms with Crippen molar-refractivity contribution in [1.82, 2.24) is 0 Å². The lowest BCUT2D eigenvalue weighted by Gasteiger charge is -2.10. The van der Waals surface area contributed by atoms with Gasteiger partial charge in [-0.05, 0) is 0 Å². The summed E-state index contributed by atoms with van der Waals surface area (Å²) < 4.78 is 10.9. The molecule has 3 heteroatoms. The lowest BCUT2D eigenvalue weighted by Crippen LogP contribution is -2.35. The van der Waals surface area contributed by atoms with E-state index < -0.39 is 0 Å². The van der Waals surface area contributed by atoms with Crippen LogP contribution in [-0.2, 0) is 9.47 Å². The molecule has 0 aliphatic carbocycles. The molecular formula is C7H17NO2. The number of nitrogens with two attached hydrogens (primary N) is 1. The van der Waals surface area contributed by atoms with E-state index >= 15 is 0 Å². The van der Waals surface area contributed by atoms with Gasteiger partial charge in [-0.25, -0.2) is 0 Å². The zero-order valence-electron chi connectivity index (χ0n) is 6.12. The second-order valence-corrected chi connectivity index (χ2v) is 3.24. The van der Waals surface area contributed by atoms with E-state index in [2.05, 4.69) is 6.92 Å². The number of fused-ring (bicyclic) bond motifs is 1. The molecule has 2 fully saturated rings. The molecule has 2 saturated heterocycles. The second kappa shape index (κ2) is 2.19. The highest BCUT2D eigenvalue weighted by Gasteiger charge is 2.43. The van der Waals surface area contributed by atoms with Crippen LogP contribution in [0.2, 0.25) is 0 Å². The molecule has 0 amide bonds. The molecule has 2 heterocycles. The first kappa shape index (κ1) is 6.58. The lowest BCUT2D eigenvalue weighted by molar-refractivity contribution is 0.0650. The number of ether oxygens (including phenoxy) is 2. The van der Waals surface area contributed by atoms with Gasteiger partial charge in [-0.1, -0.05) is 6.92 Å². The lowest BCUT2D eigenvalue weighted by atomic mass is 10.0. The summed E-state index contributed by atoms with van der Waals surface area (Å²) in [5.74, 6) is 0.526. The van der Waals surface area contributed by atoms with Crippen molar-refractivity contribution in [2.24, 2.45) is 11.7 Å². The smallest absolute Gasteiger partial charge is 0.101 e. The summed E-state index contributed by atoms with van der Waals surface area (Å²) in [6, 6.07) is 0.106. The Morgan fingerprint density at radius 2 is 2.00 bits per heavy atom. The van der Waals surface area contributed by atoms with Gasteiger partial charge in [0.15, 0.2) is 0 Å². The molecule has 0 aromatic carbocycles. The topological polar surface area (TPSA) is 44.5 Å². The van der Waals surface area contributed by atoms with Gasteiger partial charge in [-0.15, -0.1) is 0 Å². The normalized spacial score (nSPS) is 53.4. The zero-order valence-corrected chi connectivity index (χ0v) is 6.12. The van der Waals surface area contributed by atoms with Gasteiger partial charge >= 0.3 is 0 Å². The van der Waals surface area contributed by atoms with E-state index in [0.717, 1.165) is 6.61 Å². The Morgan fingerprint density at radius 1 is 1.30 bits per heavy atom. The quantitative estimate of drug-likeness (QED) is 0.534. The Kier molecular flexibility index (Phi) is 1.44. The van der Waals surface area contributed by atoms with Crippen molar-refractivity contribution in [3.05, 3.63) is 0 Å². The SMILES string of the molecule is C[C@H]1COC2[C@@H](N)CO[C@@H]21.[HH].[HH]. The van der Waals surface area contributed by atoms with Crippen LogP contribution in [0.5, 0.6) is 0 Å². The van der Waals surface area contributed by atoms with Crippen molar-refractivity contribution in [3.8, 4) is 0 Å². The summed E-state index contributed by atoms with van der Waals surface area (Å²) in [5.41, 5.74) is 5.73. The average Bonchev–Trinajstić information content (AvgIpc) is 2.41. The van der Waals surface area contributed by atoms with Gasteiger partial charge in [-0.3, -0.25) is 0 Å². The largest absolute Gasteiger partial charge is 0.373 e. The van der Waals surface area contributed by atoms with Crippen molar-refractivity contribution in [3.63, 3.8) is 0 Å². The number of hydrogen-bond acceptors (Lipinski definition) is 3. The van der Waals surface area contributed by atoms with E-state index in [-0.39, 0.29) is 21.1 Å². The molecule has 0 aromatic heterocycles. The van der Waals surface area contributed by atoms with Crippen LogP contribution < -0.4 is 5.73 Å². The predicted molar refractivity (Wildman–Crippen MR) is 40.8 cm³/mol. The van der Waals surface area contributed by atoms with Crippen molar-refractivity contribution < 1.29 is 12.3 Å². The summed E-state index contributed by atoms with van der Waals surface area (Å²) in [6.07, 6.45) is 0.449. The van der Waals surface area contributed by atoms with E-state index in [1.807, 2.05) is 0 Å². The van der Waals surface area contributed by atoms with Crippen molar-refractivity contribution >= 4 is 0 Å². The number of hydrogen-bond donors (Lipinski definition) is 1. The fraction of sp³-hybridized carbons (Fsp3) is 1.00. The molecule has 62 valence electrons. The molecule has 0 radical (unpaired) electrons. The molecule has 4 atom stereocenters. The van der Waals surface area contributed by atoms with E-state index in [9.17, 15) is 0 Å². The molecule has 1 unspecified atom stereocenters. The summed E-state index contributed by atoms with van der Waals surface area (Å²) in [7, 11) is 0. The van der Waals surface area contributed by atoms with Gasteiger partial charge in [0, 0.05) is 8.77 Å². The molecule has 2 N–H and O–H groups in total. The molecule has 0 bridgehead atoms. The van der Waals surface area contributed by atoms with E-state index in [0.29, 0.717) is 12.5 Å². The van der Waals surface area contributed by atoms with Crippen LogP contribution in [0.1, 0.15) is 9.78 Å². The maximum atomic E-state index is 5.73. The van der Waals surface area contributed by atoms with Crippen LogP contribution >= 0.6 is 0 Å². The third-order valence-electron chi connectivity index (χ3n) is 2.34. The van der Waals surface area contributed by atoms with Crippen molar-refractivity contribution in [1.29, 1.82) is 0 Å². The van der Waals surface area contributed by atoms with Gasteiger partial charge in [-0.2, -0.15) is 0 Å². The van der Waals surface area contributed by atoms with Gasteiger partial charge in [0.1, 0.15) is 6.10 Å². The van der Waals surface area contributed by atoms with E-state index in [4.69, 9.17) is 15.2 Å². The monoisotopic (exact) mass is 147 g/mol. The van der Waals surface area contributed by atoms with Crippen LogP contribution in [0, 0.1) is 5.92 Å². The highest BCUT2D eigenvalue weighted by molar-refractivity contribution is 4.94. The third-order valence-corrected chi connectivity index (χ3v) is 2.34. The van der Waals surface area contributed by atoms with E-state index in [1.165, 1.54) is 0 Å². The first-order chi connectivity index (χ1) is 4.79. The minimum atomic E-state index is 0. The molecule has 2 aliphatic rings. The first-order valence-corrected chi connectivity index (χ1v) is 3.78. The van der Waals surface area contributed by atoms with Crippen molar-refractivity contribution in [2.45, 2.75) is 25.2 Å². The highest BCUT2D eigenvalue weighted by Crippen LogP contribution is 2.29. The molecular weight excluding hydrogens is 130 g/mol. The summed E-state index contributed by atoms with van der Waals surface area (Å²) in [4.78, 5) is 0. The van der Waals surface area contributed by atoms with Crippen LogP contribution in [0.15, 0.2) is 0 Å². The molecule has 10 heavy (non-hydrogen) atoms. The standard InChI is InChI=1S/C7H13NO2.2H2/c1-4-2-9-7-5(8)3-10-6(4)7;;/h4-7H,2-3,8H2,1H3;2*1H/t4-,5-,6+,7?;;/m0../s1. The van der Waals surface area contributed by atoms with Gasteiger partial charge in [0.25, 0.3) is 0 Å². The minimum absolute atomic E-state index is 0. The molecule has 3 nitrogen and oxygen atoms in total. The van der Waals surface area contributed by atoms with Crippen LogP contribution in [0.4, 0.5) is 0 Å². The highest BCUT2D eigenvalue weighted by atomic mass is 16.6. The van der Waals surface area contributed by atoms with Crippen LogP contribution in [-0.4, -0.2) is 31.5 Å². The zero-order chi connectivity index (χ0) is 7.14. The van der Waals surface area contributed by atoms with Gasteiger partial charge in [0.05, 0.1) is 25.4 Å². The third kappa shape index (κ3) is 0.779. The van der Waals surface area contributed by atoms with Crippen LogP contribution in [0.25, 0.3) is 0 Å². The first-order valence-electron chi connectivity index (χ1n) is 3.78.